The maximum absolute atomic E-state index is 11.2. The smallest absolute Gasteiger partial charge is 0.236 e. The molecule has 1 aliphatic heterocycles. The molecular formula is C7H12N2O2S. The van der Waals surface area contributed by atoms with Crippen LogP contribution in [0.3, 0.4) is 0 Å². The first-order valence-electron chi connectivity index (χ1n) is 3.88. The van der Waals surface area contributed by atoms with Gasteiger partial charge >= 0.3 is 0 Å². The van der Waals surface area contributed by atoms with Gasteiger partial charge in [0.1, 0.15) is 0 Å². The molecule has 3 N–H and O–H groups in total. The van der Waals surface area contributed by atoms with Crippen LogP contribution in [-0.2, 0) is 9.59 Å². The van der Waals surface area contributed by atoms with Gasteiger partial charge < -0.3 is 11.1 Å². The first-order valence-corrected chi connectivity index (χ1v) is 4.92. The van der Waals surface area contributed by atoms with E-state index in [-0.39, 0.29) is 17.7 Å². The molecule has 0 aliphatic carbocycles. The Morgan fingerprint density at radius 3 is 2.83 bits per heavy atom. The number of nitrogens with two attached hydrogens (primary N) is 1. The molecule has 4 nitrogen and oxygen atoms in total. The molecule has 68 valence electrons. The fourth-order valence-corrected chi connectivity index (χ4v) is 2.26. The van der Waals surface area contributed by atoms with Crippen molar-refractivity contribution in [2.24, 2.45) is 5.73 Å². The minimum absolute atomic E-state index is 0.0318. The van der Waals surface area contributed by atoms with Crippen molar-refractivity contribution in [2.75, 3.05) is 12.3 Å². The van der Waals surface area contributed by atoms with Crippen molar-refractivity contribution >= 4 is 23.6 Å². The molecule has 0 spiro atoms. The molecule has 0 saturated carbocycles. The van der Waals surface area contributed by atoms with E-state index < -0.39 is 5.91 Å². The Kier molecular flexibility index (Phi) is 3.40. The van der Waals surface area contributed by atoms with Gasteiger partial charge in [0.25, 0.3) is 0 Å². The molecular weight excluding hydrogens is 176 g/mol. The van der Waals surface area contributed by atoms with E-state index in [9.17, 15) is 9.59 Å². The van der Waals surface area contributed by atoms with Gasteiger partial charge in [0.05, 0.1) is 11.8 Å². The third kappa shape index (κ3) is 2.73. The van der Waals surface area contributed by atoms with Crippen molar-refractivity contribution in [2.45, 2.75) is 18.1 Å². The van der Waals surface area contributed by atoms with E-state index in [4.69, 9.17) is 5.73 Å². The zero-order chi connectivity index (χ0) is 8.97. The Morgan fingerprint density at radius 1 is 1.58 bits per heavy atom. The average molecular weight is 188 g/mol. The van der Waals surface area contributed by atoms with Gasteiger partial charge in [-0.25, -0.2) is 0 Å². The van der Waals surface area contributed by atoms with Crippen LogP contribution in [0.2, 0.25) is 0 Å². The second kappa shape index (κ2) is 4.35. The third-order valence-electron chi connectivity index (χ3n) is 1.66. The van der Waals surface area contributed by atoms with Gasteiger partial charge in [-0.2, -0.15) is 0 Å². The number of primary amides is 1. The molecule has 1 fully saturated rings. The molecule has 2 amide bonds. The Bertz CT molecular complexity index is 190. The van der Waals surface area contributed by atoms with Crippen molar-refractivity contribution in [1.82, 2.24) is 5.32 Å². The number of hydrogen-bond donors (Lipinski definition) is 2. The first-order chi connectivity index (χ1) is 5.70. The monoisotopic (exact) mass is 188 g/mol. The molecule has 1 rings (SSSR count). The van der Waals surface area contributed by atoms with Crippen LogP contribution >= 0.6 is 11.8 Å². The van der Waals surface area contributed by atoms with Crippen molar-refractivity contribution in [3.8, 4) is 0 Å². The normalized spacial score (nSPS) is 22.2. The van der Waals surface area contributed by atoms with Crippen molar-refractivity contribution < 1.29 is 9.59 Å². The lowest BCUT2D eigenvalue weighted by Gasteiger charge is -2.07. The van der Waals surface area contributed by atoms with Gasteiger partial charge in [-0.15, -0.1) is 11.8 Å². The van der Waals surface area contributed by atoms with E-state index in [1.165, 1.54) is 0 Å². The molecule has 1 heterocycles. The second-order valence-electron chi connectivity index (χ2n) is 2.69. The maximum atomic E-state index is 11.2. The van der Waals surface area contributed by atoms with Crippen molar-refractivity contribution in [3.05, 3.63) is 0 Å². The molecule has 12 heavy (non-hydrogen) atoms. The summed E-state index contributed by atoms with van der Waals surface area (Å²) >= 11 is 1.64. The third-order valence-corrected chi connectivity index (χ3v) is 3.04. The molecule has 0 aromatic rings. The lowest BCUT2D eigenvalue weighted by Crippen LogP contribution is -2.37. The van der Waals surface area contributed by atoms with Crippen LogP contribution in [0.15, 0.2) is 0 Å². The summed E-state index contributed by atoms with van der Waals surface area (Å²) in [6.45, 7) is -0.0457. The fraction of sp³-hybridized carbons (Fsp3) is 0.714. The van der Waals surface area contributed by atoms with E-state index in [2.05, 4.69) is 5.32 Å². The molecule has 1 saturated heterocycles. The average Bonchev–Trinajstić information content (AvgIpc) is 2.51. The number of carbonyl (C=O) groups is 2. The first kappa shape index (κ1) is 9.38. The van der Waals surface area contributed by atoms with E-state index in [0.29, 0.717) is 0 Å². The molecule has 0 aromatic carbocycles. The van der Waals surface area contributed by atoms with Gasteiger partial charge in [-0.05, 0) is 18.6 Å². The Hall–Kier alpha value is -0.710. The SMILES string of the molecule is NC(=O)CNC(=O)C1CCCS1. The molecule has 5 heteroatoms. The number of rotatable bonds is 3. The topological polar surface area (TPSA) is 72.2 Å². The molecule has 1 atom stereocenters. The summed E-state index contributed by atoms with van der Waals surface area (Å²) in [5.74, 6) is 0.483. The second-order valence-corrected chi connectivity index (χ2v) is 4.00. The lowest BCUT2D eigenvalue weighted by atomic mass is 10.2. The van der Waals surface area contributed by atoms with E-state index in [0.717, 1.165) is 18.6 Å². The van der Waals surface area contributed by atoms with E-state index in [1.54, 1.807) is 11.8 Å². The summed E-state index contributed by atoms with van der Waals surface area (Å²) in [7, 11) is 0. The van der Waals surface area contributed by atoms with Gasteiger partial charge in [0.15, 0.2) is 0 Å². The minimum Gasteiger partial charge on any atom is -0.368 e. The molecule has 0 aromatic heterocycles. The highest BCUT2D eigenvalue weighted by molar-refractivity contribution is 8.00. The summed E-state index contributed by atoms with van der Waals surface area (Å²) in [6.07, 6.45) is 1.99. The highest BCUT2D eigenvalue weighted by Crippen LogP contribution is 2.25. The number of amides is 2. The van der Waals surface area contributed by atoms with E-state index in [1.807, 2.05) is 0 Å². The highest BCUT2D eigenvalue weighted by atomic mass is 32.2. The Morgan fingerprint density at radius 2 is 2.33 bits per heavy atom. The Labute approximate surface area is 75.3 Å². The van der Waals surface area contributed by atoms with Gasteiger partial charge in [-0.3, -0.25) is 9.59 Å². The van der Waals surface area contributed by atoms with Gasteiger partial charge in [-0.1, -0.05) is 0 Å². The summed E-state index contributed by atoms with van der Waals surface area (Å²) in [5, 5.41) is 2.52. The highest BCUT2D eigenvalue weighted by Gasteiger charge is 2.22. The molecule has 1 aliphatic rings. The van der Waals surface area contributed by atoms with Crippen LogP contribution < -0.4 is 11.1 Å². The Balaban J connectivity index is 2.23. The van der Waals surface area contributed by atoms with Gasteiger partial charge in [0, 0.05) is 0 Å². The van der Waals surface area contributed by atoms with Crippen LogP contribution in [0, 0.1) is 0 Å². The predicted octanol–water partition coefficient (Wildman–Crippen LogP) is -0.517. The quantitative estimate of drug-likeness (QED) is 0.626. The molecule has 0 radical (unpaired) electrons. The lowest BCUT2D eigenvalue weighted by molar-refractivity contribution is -0.124. The summed E-state index contributed by atoms with van der Waals surface area (Å²) in [5.41, 5.74) is 4.88. The molecule has 0 bridgehead atoms. The van der Waals surface area contributed by atoms with Crippen LogP contribution in [0.5, 0.6) is 0 Å². The zero-order valence-corrected chi connectivity index (χ0v) is 7.52. The standard InChI is InChI=1S/C7H12N2O2S/c8-6(10)4-9-7(11)5-2-1-3-12-5/h5H,1-4H2,(H2,8,10)(H,9,11). The fourth-order valence-electron chi connectivity index (χ4n) is 1.07. The summed E-state index contributed by atoms with van der Waals surface area (Å²) < 4.78 is 0. The minimum atomic E-state index is -0.494. The van der Waals surface area contributed by atoms with Crippen LogP contribution in [0.1, 0.15) is 12.8 Å². The number of nitrogens with one attached hydrogen (secondary N) is 1. The van der Waals surface area contributed by atoms with Crippen LogP contribution in [-0.4, -0.2) is 29.4 Å². The van der Waals surface area contributed by atoms with Crippen LogP contribution in [0.25, 0.3) is 0 Å². The number of carbonyl (C=O) groups excluding carboxylic acids is 2. The number of hydrogen-bond acceptors (Lipinski definition) is 3. The van der Waals surface area contributed by atoms with Crippen molar-refractivity contribution in [3.63, 3.8) is 0 Å². The van der Waals surface area contributed by atoms with E-state index >= 15 is 0 Å². The predicted molar refractivity (Wildman–Crippen MR) is 47.7 cm³/mol. The van der Waals surface area contributed by atoms with Crippen molar-refractivity contribution in [1.29, 1.82) is 0 Å². The number of thioether (sulfide) groups is 1. The van der Waals surface area contributed by atoms with Gasteiger partial charge in [0.2, 0.25) is 11.8 Å². The molecule has 1 unspecified atom stereocenters. The van der Waals surface area contributed by atoms with Crippen LogP contribution in [0.4, 0.5) is 0 Å². The summed E-state index contributed by atoms with van der Waals surface area (Å²) in [6, 6.07) is 0. The maximum Gasteiger partial charge on any atom is 0.236 e. The summed E-state index contributed by atoms with van der Waals surface area (Å²) in [4.78, 5) is 21.5. The largest absolute Gasteiger partial charge is 0.368 e. The zero-order valence-electron chi connectivity index (χ0n) is 6.71.